The van der Waals surface area contributed by atoms with Crippen LogP contribution < -0.4 is 0 Å². The van der Waals surface area contributed by atoms with E-state index < -0.39 is 9.84 Å². The van der Waals surface area contributed by atoms with E-state index >= 15 is 0 Å². The van der Waals surface area contributed by atoms with Gasteiger partial charge in [0, 0.05) is 12.6 Å². The molecule has 114 valence electrons. The maximum absolute atomic E-state index is 12.3. The zero-order chi connectivity index (χ0) is 15.3. The quantitative estimate of drug-likeness (QED) is 0.883. The van der Waals surface area contributed by atoms with E-state index in [1.807, 2.05) is 6.07 Å². The van der Waals surface area contributed by atoms with Crippen LogP contribution in [0.3, 0.4) is 0 Å². The van der Waals surface area contributed by atoms with Gasteiger partial charge in [-0.1, -0.05) is 12.5 Å². The molecule has 1 heterocycles. The van der Waals surface area contributed by atoms with Crippen molar-refractivity contribution < 1.29 is 13.5 Å². The van der Waals surface area contributed by atoms with Crippen LogP contribution in [0, 0.1) is 11.3 Å². The van der Waals surface area contributed by atoms with Gasteiger partial charge in [0.2, 0.25) is 0 Å². The van der Waals surface area contributed by atoms with Gasteiger partial charge in [0.1, 0.15) is 0 Å². The molecule has 1 fully saturated rings. The van der Waals surface area contributed by atoms with E-state index in [-0.39, 0.29) is 23.3 Å². The average molecular weight is 308 g/mol. The largest absolute Gasteiger partial charge is 0.395 e. The second-order valence-electron chi connectivity index (χ2n) is 5.33. The molecule has 1 saturated heterocycles. The normalized spacial score (nSPS) is 20.1. The molecule has 0 aromatic heterocycles. The standard InChI is InChI=1S/C15H20N2O3S/c16-11-13-4-3-6-15(10-13)21(19,20)9-8-17-7-2-1-5-14(17)12-18/h3-4,6,10,14,18H,1-2,5,7-9,12H2. The first-order valence-electron chi connectivity index (χ1n) is 7.14. The molecular weight excluding hydrogens is 288 g/mol. The highest BCUT2D eigenvalue weighted by molar-refractivity contribution is 7.91. The van der Waals surface area contributed by atoms with E-state index in [0.717, 1.165) is 25.8 Å². The Morgan fingerprint density at radius 1 is 1.38 bits per heavy atom. The third kappa shape index (κ3) is 4.03. The molecule has 1 N–H and O–H groups in total. The van der Waals surface area contributed by atoms with Crippen LogP contribution in [0.1, 0.15) is 24.8 Å². The Kier molecular flexibility index (Phi) is 5.34. The van der Waals surface area contributed by atoms with Crippen molar-refractivity contribution in [2.24, 2.45) is 0 Å². The molecule has 6 heteroatoms. The zero-order valence-electron chi connectivity index (χ0n) is 11.9. The average Bonchev–Trinajstić information content (AvgIpc) is 2.53. The number of piperidine rings is 1. The van der Waals surface area contributed by atoms with E-state index in [4.69, 9.17) is 5.26 Å². The van der Waals surface area contributed by atoms with Crippen molar-refractivity contribution in [2.45, 2.75) is 30.2 Å². The third-order valence-corrected chi connectivity index (χ3v) is 5.62. The van der Waals surface area contributed by atoms with Gasteiger partial charge in [-0.05, 0) is 37.6 Å². The monoisotopic (exact) mass is 308 g/mol. The minimum absolute atomic E-state index is 0.0123. The van der Waals surface area contributed by atoms with Crippen molar-refractivity contribution in [3.05, 3.63) is 29.8 Å². The molecule has 1 atom stereocenters. The summed E-state index contributed by atoms with van der Waals surface area (Å²) >= 11 is 0. The molecule has 0 aliphatic carbocycles. The van der Waals surface area contributed by atoms with Gasteiger partial charge in [-0.2, -0.15) is 5.26 Å². The summed E-state index contributed by atoms with van der Waals surface area (Å²) in [5.41, 5.74) is 0.349. The van der Waals surface area contributed by atoms with Crippen LogP contribution in [0.4, 0.5) is 0 Å². The lowest BCUT2D eigenvalue weighted by Crippen LogP contribution is -2.44. The van der Waals surface area contributed by atoms with Gasteiger partial charge in [-0.3, -0.25) is 4.90 Å². The topological polar surface area (TPSA) is 81.4 Å². The first kappa shape index (κ1) is 16.0. The summed E-state index contributed by atoms with van der Waals surface area (Å²) in [7, 11) is -3.40. The van der Waals surface area contributed by atoms with Gasteiger partial charge in [-0.25, -0.2) is 8.42 Å². The van der Waals surface area contributed by atoms with Gasteiger partial charge in [0.05, 0.1) is 28.9 Å². The molecule has 0 spiro atoms. The summed E-state index contributed by atoms with van der Waals surface area (Å²) in [5.74, 6) is 0.0123. The van der Waals surface area contributed by atoms with Crippen molar-refractivity contribution in [1.29, 1.82) is 5.26 Å². The highest BCUT2D eigenvalue weighted by atomic mass is 32.2. The summed E-state index contributed by atoms with van der Waals surface area (Å²) in [6, 6.07) is 8.13. The lowest BCUT2D eigenvalue weighted by molar-refractivity contribution is 0.0958. The molecule has 2 rings (SSSR count). The Balaban J connectivity index is 2.05. The van der Waals surface area contributed by atoms with Crippen LogP contribution in [0.5, 0.6) is 0 Å². The molecule has 1 aliphatic rings. The lowest BCUT2D eigenvalue weighted by Gasteiger charge is -2.34. The maximum Gasteiger partial charge on any atom is 0.179 e. The number of likely N-dealkylation sites (tertiary alicyclic amines) is 1. The fraction of sp³-hybridized carbons (Fsp3) is 0.533. The first-order valence-corrected chi connectivity index (χ1v) is 8.80. The van der Waals surface area contributed by atoms with Crippen molar-refractivity contribution in [1.82, 2.24) is 4.90 Å². The van der Waals surface area contributed by atoms with Crippen molar-refractivity contribution in [3.8, 4) is 6.07 Å². The number of nitrogens with zero attached hydrogens (tertiary/aromatic N) is 2. The van der Waals surface area contributed by atoms with E-state index in [1.165, 1.54) is 12.1 Å². The van der Waals surface area contributed by atoms with E-state index in [0.29, 0.717) is 12.1 Å². The summed E-state index contributed by atoms with van der Waals surface area (Å²) in [4.78, 5) is 2.24. The van der Waals surface area contributed by atoms with E-state index in [1.54, 1.807) is 12.1 Å². The zero-order valence-corrected chi connectivity index (χ0v) is 12.7. The van der Waals surface area contributed by atoms with Gasteiger partial charge in [-0.15, -0.1) is 0 Å². The second kappa shape index (κ2) is 7.03. The number of aliphatic hydroxyl groups is 1. The molecule has 1 aromatic carbocycles. The Labute approximate surface area is 125 Å². The predicted molar refractivity (Wildman–Crippen MR) is 79.5 cm³/mol. The van der Waals surface area contributed by atoms with Gasteiger partial charge in [0.25, 0.3) is 0 Å². The number of aliphatic hydroxyl groups excluding tert-OH is 1. The summed E-state index contributed by atoms with van der Waals surface area (Å²) < 4.78 is 24.7. The van der Waals surface area contributed by atoms with Crippen LogP contribution in [0.25, 0.3) is 0 Å². The smallest absolute Gasteiger partial charge is 0.179 e. The Morgan fingerprint density at radius 3 is 2.90 bits per heavy atom. The molecule has 0 bridgehead atoms. The number of benzene rings is 1. The predicted octanol–water partition coefficient (Wildman–Crippen LogP) is 1.18. The fourth-order valence-corrected chi connectivity index (χ4v) is 3.98. The minimum atomic E-state index is -3.40. The van der Waals surface area contributed by atoms with Crippen molar-refractivity contribution in [2.75, 3.05) is 25.4 Å². The molecule has 1 aliphatic heterocycles. The molecule has 21 heavy (non-hydrogen) atoms. The highest BCUT2D eigenvalue weighted by Gasteiger charge is 2.24. The number of rotatable bonds is 5. The Morgan fingerprint density at radius 2 is 2.19 bits per heavy atom. The third-order valence-electron chi connectivity index (χ3n) is 3.93. The fourth-order valence-electron chi connectivity index (χ4n) is 2.68. The molecule has 0 saturated carbocycles. The van der Waals surface area contributed by atoms with Crippen LogP contribution in [-0.4, -0.2) is 49.9 Å². The summed E-state index contributed by atoms with van der Waals surface area (Å²) in [5, 5.41) is 18.2. The number of nitriles is 1. The van der Waals surface area contributed by atoms with Crippen LogP contribution in [0.15, 0.2) is 29.2 Å². The van der Waals surface area contributed by atoms with E-state index in [9.17, 15) is 13.5 Å². The molecular formula is C15H20N2O3S. The molecule has 5 nitrogen and oxygen atoms in total. The van der Waals surface area contributed by atoms with Crippen LogP contribution >= 0.6 is 0 Å². The molecule has 0 radical (unpaired) electrons. The summed E-state index contributed by atoms with van der Waals surface area (Å²) in [6.45, 7) is 1.33. The highest BCUT2D eigenvalue weighted by Crippen LogP contribution is 2.18. The van der Waals surface area contributed by atoms with E-state index in [2.05, 4.69) is 4.90 Å². The number of hydrogen-bond donors (Lipinski definition) is 1. The van der Waals surface area contributed by atoms with Crippen molar-refractivity contribution in [3.63, 3.8) is 0 Å². The number of sulfone groups is 1. The van der Waals surface area contributed by atoms with Gasteiger partial charge in [0.15, 0.2) is 9.84 Å². The lowest BCUT2D eigenvalue weighted by atomic mass is 10.0. The SMILES string of the molecule is N#Cc1cccc(S(=O)(=O)CCN2CCCCC2CO)c1. The minimum Gasteiger partial charge on any atom is -0.395 e. The molecule has 1 unspecified atom stereocenters. The van der Waals surface area contributed by atoms with Crippen LogP contribution in [0.2, 0.25) is 0 Å². The molecule has 0 amide bonds. The first-order chi connectivity index (χ1) is 10.1. The maximum atomic E-state index is 12.3. The van der Waals surface area contributed by atoms with Crippen molar-refractivity contribution >= 4 is 9.84 Å². The van der Waals surface area contributed by atoms with Crippen LogP contribution in [-0.2, 0) is 9.84 Å². The Hall–Kier alpha value is -1.42. The Bertz CT molecular complexity index is 622. The molecule has 1 aromatic rings. The van der Waals surface area contributed by atoms with Gasteiger partial charge < -0.3 is 5.11 Å². The second-order valence-corrected chi connectivity index (χ2v) is 7.44. The number of hydrogen-bond acceptors (Lipinski definition) is 5. The van der Waals surface area contributed by atoms with Gasteiger partial charge >= 0.3 is 0 Å². The summed E-state index contributed by atoms with van der Waals surface area (Å²) in [6.07, 6.45) is 3.04.